The predicted octanol–water partition coefficient (Wildman–Crippen LogP) is 0.351. The monoisotopic (exact) mass is 301 g/mol. The molecule has 9 heteroatoms. The molecule has 0 bridgehead atoms. The maximum absolute atomic E-state index is 12.3. The lowest BCUT2D eigenvalue weighted by Gasteiger charge is -2.19. The van der Waals surface area contributed by atoms with Gasteiger partial charge in [-0.25, -0.2) is 8.42 Å². The lowest BCUT2D eigenvalue weighted by atomic mass is 10.3. The summed E-state index contributed by atoms with van der Waals surface area (Å²) in [5.41, 5.74) is -0.196. The molecule has 8 nitrogen and oxygen atoms in total. The largest absolute Gasteiger partial charge is 0.358 e. The molecule has 0 unspecified atom stereocenters. The Labute approximate surface area is 116 Å². The molecule has 1 N–H and O–H groups in total. The highest BCUT2D eigenvalue weighted by Crippen LogP contribution is 2.19. The maximum atomic E-state index is 12.3. The summed E-state index contributed by atoms with van der Waals surface area (Å²) < 4.78 is 25.5. The lowest BCUT2D eigenvalue weighted by Crippen LogP contribution is -2.39. The van der Waals surface area contributed by atoms with Gasteiger partial charge in [0.2, 0.25) is 15.9 Å². The number of carbonyl (C=O) groups is 1. The first kappa shape index (κ1) is 16.1. The van der Waals surface area contributed by atoms with Crippen LogP contribution in [0.15, 0.2) is 29.2 Å². The van der Waals surface area contributed by atoms with Crippen LogP contribution in [0, 0.1) is 10.1 Å². The summed E-state index contributed by atoms with van der Waals surface area (Å²) in [4.78, 5) is 21.1. The first-order valence-electron chi connectivity index (χ1n) is 5.78. The zero-order chi connectivity index (χ0) is 15.3. The number of nitrogens with zero attached hydrogens (tertiary/aromatic N) is 2. The van der Waals surface area contributed by atoms with Crippen LogP contribution >= 0.6 is 0 Å². The summed E-state index contributed by atoms with van der Waals surface area (Å²) in [6.07, 6.45) is 0. The number of sulfonamides is 1. The summed E-state index contributed by atoms with van der Waals surface area (Å²) in [5.74, 6) is -0.433. The van der Waals surface area contributed by atoms with Gasteiger partial charge >= 0.3 is 0 Å². The minimum Gasteiger partial charge on any atom is -0.358 e. The Morgan fingerprint density at radius 3 is 2.30 bits per heavy atom. The van der Waals surface area contributed by atoms with Gasteiger partial charge in [0.25, 0.3) is 5.69 Å². The number of nitro groups is 1. The molecule has 0 aliphatic rings. The Bertz CT molecular complexity index is 597. The molecule has 0 aliphatic heterocycles. The van der Waals surface area contributed by atoms with Gasteiger partial charge in [-0.2, -0.15) is 4.31 Å². The summed E-state index contributed by atoms with van der Waals surface area (Å²) in [7, 11) is -2.44. The molecule has 0 saturated carbocycles. The fourth-order valence-electron chi connectivity index (χ4n) is 1.49. The van der Waals surface area contributed by atoms with Crippen molar-refractivity contribution in [2.45, 2.75) is 11.8 Å². The molecule has 0 radical (unpaired) electrons. The molecule has 0 fully saturated rings. The van der Waals surface area contributed by atoms with Gasteiger partial charge < -0.3 is 5.32 Å². The molecule has 0 aliphatic carbocycles. The summed E-state index contributed by atoms with van der Waals surface area (Å²) in [5, 5.41) is 12.9. The van der Waals surface area contributed by atoms with Gasteiger partial charge in [0.05, 0.1) is 16.4 Å². The van der Waals surface area contributed by atoms with Crippen LogP contribution < -0.4 is 5.32 Å². The molecule has 0 heterocycles. The topological polar surface area (TPSA) is 110 Å². The van der Waals surface area contributed by atoms with Crippen LogP contribution in [0.2, 0.25) is 0 Å². The van der Waals surface area contributed by atoms with E-state index in [4.69, 9.17) is 0 Å². The second kappa shape index (κ2) is 6.44. The van der Waals surface area contributed by atoms with Crippen molar-refractivity contribution in [2.75, 3.05) is 20.1 Å². The summed E-state index contributed by atoms with van der Waals surface area (Å²) in [6.45, 7) is 1.42. The number of likely N-dealkylation sites (N-methyl/N-ethyl adjacent to an activating group) is 2. The van der Waals surface area contributed by atoms with Gasteiger partial charge in [-0.3, -0.25) is 14.9 Å². The van der Waals surface area contributed by atoms with Gasteiger partial charge in [0.1, 0.15) is 0 Å². The minimum absolute atomic E-state index is 0.0890. The van der Waals surface area contributed by atoms with Crippen LogP contribution in [0.1, 0.15) is 6.92 Å². The van der Waals surface area contributed by atoms with Crippen LogP contribution in [0.3, 0.4) is 0 Å². The van der Waals surface area contributed by atoms with E-state index in [9.17, 15) is 23.3 Å². The van der Waals surface area contributed by atoms with Crippen molar-refractivity contribution in [1.82, 2.24) is 9.62 Å². The molecule has 0 saturated heterocycles. The molecular formula is C11H15N3O5S. The second-order valence-corrected chi connectivity index (χ2v) is 5.79. The summed E-state index contributed by atoms with van der Waals surface area (Å²) in [6, 6.07) is 4.53. The Morgan fingerprint density at radius 2 is 1.90 bits per heavy atom. The molecule has 1 amide bonds. The third-order valence-corrected chi connectivity index (χ3v) is 4.57. The van der Waals surface area contributed by atoms with E-state index in [0.717, 1.165) is 28.6 Å². The molecule has 0 atom stereocenters. The molecule has 1 aromatic carbocycles. The van der Waals surface area contributed by atoms with Gasteiger partial charge in [0, 0.05) is 25.7 Å². The van der Waals surface area contributed by atoms with Crippen molar-refractivity contribution in [1.29, 1.82) is 0 Å². The van der Waals surface area contributed by atoms with E-state index < -0.39 is 20.9 Å². The Hall–Kier alpha value is -2.00. The Kier molecular flexibility index (Phi) is 5.17. The number of hydrogen-bond acceptors (Lipinski definition) is 5. The Balaban J connectivity index is 3.07. The predicted molar refractivity (Wildman–Crippen MR) is 71.6 cm³/mol. The molecule has 0 spiro atoms. The quantitative estimate of drug-likeness (QED) is 0.602. The van der Waals surface area contributed by atoms with E-state index in [2.05, 4.69) is 5.32 Å². The molecule has 20 heavy (non-hydrogen) atoms. The fraction of sp³-hybridized carbons (Fsp3) is 0.364. The fourth-order valence-corrected chi connectivity index (χ4v) is 2.90. The average Bonchev–Trinajstić information content (AvgIpc) is 2.44. The van der Waals surface area contributed by atoms with Crippen molar-refractivity contribution in [3.63, 3.8) is 0 Å². The number of hydrogen-bond donors (Lipinski definition) is 1. The first-order chi connectivity index (χ1) is 9.32. The van der Waals surface area contributed by atoms with E-state index in [1.165, 1.54) is 7.05 Å². The van der Waals surface area contributed by atoms with Gasteiger partial charge in [0.15, 0.2) is 0 Å². The number of non-ortho nitro benzene ring substituents is 1. The van der Waals surface area contributed by atoms with Gasteiger partial charge in [-0.15, -0.1) is 0 Å². The van der Waals surface area contributed by atoms with E-state index in [0.29, 0.717) is 0 Å². The number of benzene rings is 1. The van der Waals surface area contributed by atoms with E-state index >= 15 is 0 Å². The highest BCUT2D eigenvalue weighted by atomic mass is 32.2. The first-order valence-corrected chi connectivity index (χ1v) is 7.22. The number of nitro benzene ring substituents is 1. The third kappa shape index (κ3) is 3.52. The van der Waals surface area contributed by atoms with Crippen LogP contribution in [0.4, 0.5) is 5.69 Å². The summed E-state index contributed by atoms with van der Waals surface area (Å²) >= 11 is 0. The number of rotatable bonds is 6. The number of nitrogens with one attached hydrogen (secondary N) is 1. The van der Waals surface area contributed by atoms with Crippen molar-refractivity contribution in [3.05, 3.63) is 34.4 Å². The minimum atomic E-state index is -3.85. The highest BCUT2D eigenvalue weighted by molar-refractivity contribution is 7.89. The van der Waals surface area contributed by atoms with Crippen LogP contribution in [-0.4, -0.2) is 43.7 Å². The molecular weight excluding hydrogens is 286 g/mol. The molecule has 1 rings (SSSR count). The van der Waals surface area contributed by atoms with Crippen LogP contribution in [0.5, 0.6) is 0 Å². The molecule has 1 aromatic rings. The van der Waals surface area contributed by atoms with E-state index in [1.807, 2.05) is 0 Å². The van der Waals surface area contributed by atoms with Gasteiger partial charge in [-0.1, -0.05) is 6.92 Å². The SMILES string of the molecule is CCN(CC(=O)NC)S(=O)(=O)c1ccc([N+](=O)[O-])cc1. The van der Waals surface area contributed by atoms with Crippen LogP contribution in [0.25, 0.3) is 0 Å². The number of carbonyl (C=O) groups excluding carboxylic acids is 1. The zero-order valence-corrected chi connectivity index (χ0v) is 11.9. The highest BCUT2D eigenvalue weighted by Gasteiger charge is 2.25. The molecule has 110 valence electrons. The zero-order valence-electron chi connectivity index (χ0n) is 11.1. The lowest BCUT2D eigenvalue weighted by molar-refractivity contribution is -0.384. The average molecular weight is 301 g/mol. The smallest absolute Gasteiger partial charge is 0.269 e. The standard InChI is InChI=1S/C11H15N3O5S/c1-3-13(8-11(15)12-2)20(18,19)10-6-4-9(5-7-10)14(16)17/h4-7H,3,8H2,1-2H3,(H,12,15). The van der Waals surface area contributed by atoms with E-state index in [-0.39, 0.29) is 23.7 Å². The maximum Gasteiger partial charge on any atom is 0.269 e. The van der Waals surface area contributed by atoms with E-state index in [1.54, 1.807) is 6.92 Å². The van der Waals surface area contributed by atoms with Crippen molar-refractivity contribution in [3.8, 4) is 0 Å². The second-order valence-electron chi connectivity index (χ2n) is 3.86. The van der Waals surface area contributed by atoms with Crippen molar-refractivity contribution in [2.24, 2.45) is 0 Å². The molecule has 0 aromatic heterocycles. The Morgan fingerprint density at radius 1 is 1.35 bits per heavy atom. The van der Waals surface area contributed by atoms with Crippen molar-refractivity contribution < 1.29 is 18.1 Å². The third-order valence-electron chi connectivity index (χ3n) is 2.64. The van der Waals surface area contributed by atoms with Crippen LogP contribution in [-0.2, 0) is 14.8 Å². The van der Waals surface area contributed by atoms with Gasteiger partial charge in [-0.05, 0) is 12.1 Å². The van der Waals surface area contributed by atoms with Crippen molar-refractivity contribution >= 4 is 21.6 Å². The normalized spacial score (nSPS) is 11.3. The number of amides is 1.